The van der Waals surface area contributed by atoms with Crippen LogP contribution in [-0.2, 0) is 0 Å². The lowest BCUT2D eigenvalue weighted by molar-refractivity contribution is 0.173. The molecule has 0 unspecified atom stereocenters. The van der Waals surface area contributed by atoms with Crippen LogP contribution in [0.1, 0.15) is 32.1 Å². The van der Waals surface area contributed by atoms with E-state index in [-0.39, 0.29) is 12.1 Å². The number of halogens is 1. The fourth-order valence-electron chi connectivity index (χ4n) is 2.34. The van der Waals surface area contributed by atoms with Gasteiger partial charge in [0.15, 0.2) is 0 Å². The predicted octanol–water partition coefficient (Wildman–Crippen LogP) is 2.33. The van der Waals surface area contributed by atoms with Crippen LogP contribution in [0.2, 0.25) is 0 Å². The first-order valence-corrected chi connectivity index (χ1v) is 5.75. The number of pyridine rings is 1. The molecule has 0 radical (unpaired) electrons. The lowest BCUT2D eigenvalue weighted by Crippen LogP contribution is -2.43. The maximum atomic E-state index is 12.9. The number of hydrogen-bond acceptors (Lipinski definition) is 3. The monoisotopic (exact) mass is 224 g/mol. The molecule has 1 heterocycles. The Labute approximate surface area is 94.7 Å². The van der Waals surface area contributed by atoms with Crippen molar-refractivity contribution < 1.29 is 9.50 Å². The van der Waals surface area contributed by atoms with Crippen molar-refractivity contribution in [2.24, 2.45) is 0 Å². The van der Waals surface area contributed by atoms with E-state index in [0.717, 1.165) is 25.7 Å². The Morgan fingerprint density at radius 2 is 2.12 bits per heavy atom. The smallest absolute Gasteiger partial charge is 0.214 e. The molecule has 0 saturated heterocycles. The SMILES string of the molecule is OCC1(Nc2ccnc(F)c2)CCCCC1. The zero-order valence-corrected chi connectivity index (χ0v) is 9.25. The standard InChI is InChI=1S/C12H17FN2O/c13-11-8-10(4-7-14-11)15-12(9-16)5-2-1-3-6-12/h4,7-8,16H,1-3,5-6,9H2,(H,14,15). The summed E-state index contributed by atoms with van der Waals surface area (Å²) in [4.78, 5) is 3.51. The molecule has 3 nitrogen and oxygen atoms in total. The number of anilines is 1. The van der Waals surface area contributed by atoms with Gasteiger partial charge < -0.3 is 10.4 Å². The second-order valence-corrected chi connectivity index (χ2v) is 4.49. The number of nitrogens with one attached hydrogen (secondary N) is 1. The van der Waals surface area contributed by atoms with Gasteiger partial charge in [-0.3, -0.25) is 0 Å². The number of hydrogen-bond donors (Lipinski definition) is 2. The van der Waals surface area contributed by atoms with Crippen molar-refractivity contribution in [2.75, 3.05) is 11.9 Å². The van der Waals surface area contributed by atoms with E-state index in [9.17, 15) is 9.50 Å². The minimum absolute atomic E-state index is 0.0942. The molecular formula is C12H17FN2O. The predicted molar refractivity (Wildman–Crippen MR) is 60.7 cm³/mol. The third-order valence-corrected chi connectivity index (χ3v) is 3.25. The molecule has 1 aromatic heterocycles. The normalized spacial score (nSPS) is 19.4. The Morgan fingerprint density at radius 3 is 2.75 bits per heavy atom. The quantitative estimate of drug-likeness (QED) is 0.774. The van der Waals surface area contributed by atoms with Gasteiger partial charge in [0.1, 0.15) is 0 Å². The molecule has 0 spiro atoms. The average Bonchev–Trinajstić information content (AvgIpc) is 2.30. The van der Waals surface area contributed by atoms with Gasteiger partial charge in [-0.1, -0.05) is 19.3 Å². The highest BCUT2D eigenvalue weighted by molar-refractivity contribution is 5.44. The van der Waals surface area contributed by atoms with Gasteiger partial charge in [0.25, 0.3) is 0 Å². The molecule has 0 amide bonds. The fraction of sp³-hybridized carbons (Fsp3) is 0.583. The van der Waals surface area contributed by atoms with Gasteiger partial charge in [0.05, 0.1) is 12.1 Å². The lowest BCUT2D eigenvalue weighted by Gasteiger charge is -2.37. The van der Waals surface area contributed by atoms with Crippen LogP contribution in [0.15, 0.2) is 18.3 Å². The molecule has 1 aliphatic carbocycles. The Hall–Kier alpha value is -1.16. The van der Waals surface area contributed by atoms with Crippen LogP contribution in [-0.4, -0.2) is 22.2 Å². The van der Waals surface area contributed by atoms with Gasteiger partial charge in [-0.15, -0.1) is 0 Å². The van der Waals surface area contributed by atoms with Crippen molar-refractivity contribution in [1.29, 1.82) is 0 Å². The molecule has 0 aliphatic heterocycles. The molecule has 0 bridgehead atoms. The molecule has 1 aromatic rings. The van der Waals surface area contributed by atoms with E-state index in [0.29, 0.717) is 5.69 Å². The maximum Gasteiger partial charge on any atom is 0.214 e. The third-order valence-electron chi connectivity index (χ3n) is 3.25. The van der Waals surface area contributed by atoms with E-state index in [1.54, 1.807) is 6.07 Å². The van der Waals surface area contributed by atoms with Crippen molar-refractivity contribution in [1.82, 2.24) is 4.98 Å². The minimum Gasteiger partial charge on any atom is -0.394 e. The van der Waals surface area contributed by atoms with Crippen LogP contribution < -0.4 is 5.32 Å². The fourth-order valence-corrected chi connectivity index (χ4v) is 2.34. The van der Waals surface area contributed by atoms with Crippen molar-refractivity contribution in [3.8, 4) is 0 Å². The van der Waals surface area contributed by atoms with Crippen LogP contribution in [0.25, 0.3) is 0 Å². The molecular weight excluding hydrogens is 207 g/mol. The van der Waals surface area contributed by atoms with Crippen molar-refractivity contribution in [3.63, 3.8) is 0 Å². The summed E-state index contributed by atoms with van der Waals surface area (Å²) in [7, 11) is 0. The summed E-state index contributed by atoms with van der Waals surface area (Å²) in [5.74, 6) is -0.492. The van der Waals surface area contributed by atoms with Crippen molar-refractivity contribution >= 4 is 5.69 Å². The summed E-state index contributed by atoms with van der Waals surface area (Å²) in [5, 5.41) is 12.8. The highest BCUT2D eigenvalue weighted by atomic mass is 19.1. The number of aliphatic hydroxyl groups is 1. The summed E-state index contributed by atoms with van der Waals surface area (Å²) in [6.45, 7) is 0.0942. The molecule has 0 atom stereocenters. The Kier molecular flexibility index (Phi) is 3.39. The number of rotatable bonds is 3. The Bertz CT molecular complexity index is 351. The molecule has 88 valence electrons. The van der Waals surface area contributed by atoms with Crippen LogP contribution in [0.3, 0.4) is 0 Å². The average molecular weight is 224 g/mol. The molecule has 16 heavy (non-hydrogen) atoms. The molecule has 0 aromatic carbocycles. The van der Waals surface area contributed by atoms with Crippen LogP contribution >= 0.6 is 0 Å². The zero-order chi connectivity index (χ0) is 11.4. The second kappa shape index (κ2) is 4.78. The van der Waals surface area contributed by atoms with Gasteiger partial charge in [-0.05, 0) is 18.9 Å². The minimum atomic E-state index is -0.492. The van der Waals surface area contributed by atoms with E-state index < -0.39 is 5.95 Å². The number of aromatic nitrogens is 1. The van der Waals surface area contributed by atoms with E-state index in [1.807, 2.05) is 0 Å². The van der Waals surface area contributed by atoms with Crippen LogP contribution in [0.5, 0.6) is 0 Å². The van der Waals surface area contributed by atoms with E-state index in [1.165, 1.54) is 18.7 Å². The topological polar surface area (TPSA) is 45.1 Å². The highest BCUT2D eigenvalue weighted by Gasteiger charge is 2.31. The number of nitrogens with zero attached hydrogens (tertiary/aromatic N) is 1. The zero-order valence-electron chi connectivity index (χ0n) is 9.25. The summed E-state index contributed by atoms with van der Waals surface area (Å²) in [6, 6.07) is 3.10. The van der Waals surface area contributed by atoms with Gasteiger partial charge >= 0.3 is 0 Å². The second-order valence-electron chi connectivity index (χ2n) is 4.49. The van der Waals surface area contributed by atoms with Crippen molar-refractivity contribution in [3.05, 3.63) is 24.3 Å². The Balaban J connectivity index is 2.11. The van der Waals surface area contributed by atoms with Crippen LogP contribution in [0, 0.1) is 5.95 Å². The third kappa shape index (κ3) is 2.50. The number of aliphatic hydroxyl groups excluding tert-OH is 1. The molecule has 4 heteroatoms. The first kappa shape index (κ1) is 11.3. The van der Waals surface area contributed by atoms with Gasteiger partial charge in [0.2, 0.25) is 5.95 Å². The van der Waals surface area contributed by atoms with Gasteiger partial charge in [-0.2, -0.15) is 4.39 Å². The van der Waals surface area contributed by atoms with E-state index >= 15 is 0 Å². The van der Waals surface area contributed by atoms with Crippen LogP contribution in [0.4, 0.5) is 10.1 Å². The van der Waals surface area contributed by atoms with Gasteiger partial charge in [-0.25, -0.2) is 4.98 Å². The summed E-state index contributed by atoms with van der Waals surface area (Å²) in [6.07, 6.45) is 6.75. The molecule has 2 rings (SSSR count). The lowest BCUT2D eigenvalue weighted by atomic mass is 9.82. The first-order valence-electron chi connectivity index (χ1n) is 5.75. The maximum absolute atomic E-state index is 12.9. The summed E-state index contributed by atoms with van der Waals surface area (Å²) >= 11 is 0. The summed E-state index contributed by atoms with van der Waals surface area (Å²) < 4.78 is 12.9. The van der Waals surface area contributed by atoms with E-state index in [4.69, 9.17) is 0 Å². The first-order chi connectivity index (χ1) is 7.74. The van der Waals surface area contributed by atoms with E-state index in [2.05, 4.69) is 10.3 Å². The summed E-state index contributed by atoms with van der Waals surface area (Å²) in [5.41, 5.74) is 0.426. The highest BCUT2D eigenvalue weighted by Crippen LogP contribution is 2.31. The van der Waals surface area contributed by atoms with Gasteiger partial charge in [0, 0.05) is 18.0 Å². The van der Waals surface area contributed by atoms with Crippen molar-refractivity contribution in [2.45, 2.75) is 37.6 Å². The molecule has 1 aliphatic rings. The Morgan fingerprint density at radius 1 is 1.38 bits per heavy atom. The molecule has 1 fully saturated rings. The largest absolute Gasteiger partial charge is 0.394 e. The molecule has 1 saturated carbocycles. The molecule has 2 N–H and O–H groups in total.